The number of rotatable bonds is 4. The average molecular weight is 215 g/mol. The highest BCUT2D eigenvalue weighted by atomic mass is 16.5. The Kier molecular flexibility index (Phi) is 3.30. The predicted molar refractivity (Wildman–Crippen MR) is 68.8 cm³/mol. The molecule has 0 amide bonds. The van der Waals surface area contributed by atoms with E-state index in [1.165, 1.54) is 0 Å². The summed E-state index contributed by atoms with van der Waals surface area (Å²) in [5.41, 5.74) is 6.76. The molecular weight excluding hydrogens is 198 g/mol. The van der Waals surface area contributed by atoms with Gasteiger partial charge in [-0.1, -0.05) is 37.6 Å². The van der Waals surface area contributed by atoms with Gasteiger partial charge >= 0.3 is 0 Å². The molecule has 0 aromatic heterocycles. The minimum absolute atomic E-state index is 0.754. The zero-order valence-corrected chi connectivity index (χ0v) is 9.57. The van der Waals surface area contributed by atoms with Crippen LogP contribution in [-0.2, 0) is 0 Å². The van der Waals surface area contributed by atoms with E-state index in [0.29, 0.717) is 0 Å². The lowest BCUT2D eigenvalue weighted by Gasteiger charge is -2.10. The third kappa shape index (κ3) is 2.11. The molecule has 0 unspecified atom stereocenters. The Labute approximate surface area is 96.0 Å². The van der Waals surface area contributed by atoms with E-state index in [2.05, 4.69) is 19.1 Å². The molecule has 0 saturated heterocycles. The second-order valence-corrected chi connectivity index (χ2v) is 3.90. The monoisotopic (exact) mass is 215 g/mol. The molecule has 0 aliphatic heterocycles. The summed E-state index contributed by atoms with van der Waals surface area (Å²) in [6.07, 6.45) is 2.21. The molecule has 0 aliphatic rings. The molecule has 0 atom stereocenters. The summed E-state index contributed by atoms with van der Waals surface area (Å²) in [6, 6.07) is 12.0. The van der Waals surface area contributed by atoms with Crippen molar-refractivity contribution in [2.45, 2.75) is 19.8 Å². The fraction of sp³-hybridized carbons (Fsp3) is 0.286. The molecule has 84 valence electrons. The maximum Gasteiger partial charge on any atom is 0.129 e. The molecule has 2 nitrogen and oxygen atoms in total. The first-order valence-electron chi connectivity index (χ1n) is 5.73. The number of fused-ring (bicyclic) bond motifs is 1. The van der Waals surface area contributed by atoms with Crippen molar-refractivity contribution in [3.8, 4) is 5.75 Å². The van der Waals surface area contributed by atoms with Gasteiger partial charge in [-0.15, -0.1) is 0 Å². The highest BCUT2D eigenvalue weighted by Crippen LogP contribution is 2.30. The van der Waals surface area contributed by atoms with Crippen molar-refractivity contribution in [2.75, 3.05) is 12.3 Å². The van der Waals surface area contributed by atoms with Gasteiger partial charge in [0.2, 0.25) is 0 Å². The van der Waals surface area contributed by atoms with Crippen LogP contribution in [0.15, 0.2) is 36.4 Å². The lowest BCUT2D eigenvalue weighted by Crippen LogP contribution is -1.98. The summed E-state index contributed by atoms with van der Waals surface area (Å²) in [5.74, 6) is 0.893. The minimum Gasteiger partial charge on any atom is -0.493 e. The van der Waals surface area contributed by atoms with E-state index in [0.717, 1.165) is 41.7 Å². The van der Waals surface area contributed by atoms with Crippen LogP contribution in [0.1, 0.15) is 19.8 Å². The van der Waals surface area contributed by atoms with Crippen LogP contribution >= 0.6 is 0 Å². The zero-order valence-electron chi connectivity index (χ0n) is 9.57. The van der Waals surface area contributed by atoms with Gasteiger partial charge in [-0.25, -0.2) is 0 Å². The van der Waals surface area contributed by atoms with Crippen LogP contribution in [0.5, 0.6) is 5.75 Å². The Hall–Kier alpha value is -1.70. The Bertz CT molecular complexity index is 474. The van der Waals surface area contributed by atoms with Gasteiger partial charge < -0.3 is 10.5 Å². The Morgan fingerprint density at radius 1 is 1.12 bits per heavy atom. The Morgan fingerprint density at radius 3 is 2.62 bits per heavy atom. The SMILES string of the molecule is CCCCOc1cccc2cccc(N)c12. The number of unbranched alkanes of at least 4 members (excludes halogenated alkanes) is 1. The molecule has 2 N–H and O–H groups in total. The molecule has 0 bridgehead atoms. The van der Waals surface area contributed by atoms with Crippen LogP contribution in [0, 0.1) is 0 Å². The fourth-order valence-electron chi connectivity index (χ4n) is 1.78. The van der Waals surface area contributed by atoms with Gasteiger partial charge in [-0.2, -0.15) is 0 Å². The first-order valence-corrected chi connectivity index (χ1v) is 5.73. The summed E-state index contributed by atoms with van der Waals surface area (Å²) in [5, 5.41) is 2.16. The Balaban J connectivity index is 2.37. The summed E-state index contributed by atoms with van der Waals surface area (Å²) >= 11 is 0. The van der Waals surface area contributed by atoms with Crippen molar-refractivity contribution in [3.05, 3.63) is 36.4 Å². The number of anilines is 1. The first-order chi connectivity index (χ1) is 7.83. The summed E-state index contributed by atoms with van der Waals surface area (Å²) in [4.78, 5) is 0. The van der Waals surface area contributed by atoms with Crippen molar-refractivity contribution in [1.82, 2.24) is 0 Å². The van der Waals surface area contributed by atoms with Crippen molar-refractivity contribution < 1.29 is 4.74 Å². The number of nitrogen functional groups attached to an aromatic ring is 1. The standard InChI is InChI=1S/C14H17NO/c1-2-3-10-16-13-9-5-7-11-6-4-8-12(15)14(11)13/h4-9H,2-3,10,15H2,1H3. The summed E-state index contributed by atoms with van der Waals surface area (Å²) in [7, 11) is 0. The van der Waals surface area contributed by atoms with E-state index >= 15 is 0 Å². The number of nitrogens with two attached hydrogens (primary N) is 1. The van der Waals surface area contributed by atoms with E-state index in [1.807, 2.05) is 24.3 Å². The molecule has 2 aromatic rings. The molecule has 0 radical (unpaired) electrons. The average Bonchev–Trinajstić information content (AvgIpc) is 2.30. The normalized spacial score (nSPS) is 10.6. The number of benzene rings is 2. The van der Waals surface area contributed by atoms with E-state index in [-0.39, 0.29) is 0 Å². The molecule has 2 rings (SSSR count). The van der Waals surface area contributed by atoms with Crippen LogP contribution in [0.25, 0.3) is 10.8 Å². The minimum atomic E-state index is 0.754. The maximum atomic E-state index is 5.98. The highest BCUT2D eigenvalue weighted by Gasteiger charge is 2.04. The maximum absolute atomic E-state index is 5.98. The fourth-order valence-corrected chi connectivity index (χ4v) is 1.78. The second kappa shape index (κ2) is 4.88. The van der Waals surface area contributed by atoms with Crippen LogP contribution in [0.2, 0.25) is 0 Å². The van der Waals surface area contributed by atoms with Gasteiger partial charge in [-0.05, 0) is 23.9 Å². The van der Waals surface area contributed by atoms with E-state index in [4.69, 9.17) is 10.5 Å². The van der Waals surface area contributed by atoms with Gasteiger partial charge in [0.25, 0.3) is 0 Å². The molecular formula is C14H17NO. The molecule has 2 heteroatoms. The van der Waals surface area contributed by atoms with Crippen LogP contribution in [-0.4, -0.2) is 6.61 Å². The molecule has 0 saturated carbocycles. The third-order valence-electron chi connectivity index (χ3n) is 2.65. The second-order valence-electron chi connectivity index (χ2n) is 3.90. The van der Waals surface area contributed by atoms with Gasteiger partial charge in [0.15, 0.2) is 0 Å². The third-order valence-corrected chi connectivity index (χ3v) is 2.65. The lowest BCUT2D eigenvalue weighted by atomic mass is 10.1. The van der Waals surface area contributed by atoms with Crippen molar-refractivity contribution in [3.63, 3.8) is 0 Å². The van der Waals surface area contributed by atoms with Crippen molar-refractivity contribution in [1.29, 1.82) is 0 Å². The van der Waals surface area contributed by atoms with Crippen LogP contribution < -0.4 is 10.5 Å². The number of ether oxygens (including phenoxy) is 1. The summed E-state index contributed by atoms with van der Waals surface area (Å²) < 4.78 is 5.76. The van der Waals surface area contributed by atoms with E-state index in [1.54, 1.807) is 0 Å². The molecule has 0 heterocycles. The van der Waals surface area contributed by atoms with Gasteiger partial charge in [-0.3, -0.25) is 0 Å². The van der Waals surface area contributed by atoms with Crippen molar-refractivity contribution >= 4 is 16.5 Å². The molecule has 0 spiro atoms. The van der Waals surface area contributed by atoms with Gasteiger partial charge in [0.1, 0.15) is 5.75 Å². The number of hydrogen-bond acceptors (Lipinski definition) is 2. The quantitative estimate of drug-likeness (QED) is 0.624. The smallest absolute Gasteiger partial charge is 0.129 e. The van der Waals surface area contributed by atoms with Crippen LogP contribution in [0.4, 0.5) is 5.69 Å². The van der Waals surface area contributed by atoms with Crippen LogP contribution in [0.3, 0.4) is 0 Å². The topological polar surface area (TPSA) is 35.2 Å². The van der Waals surface area contributed by atoms with E-state index in [9.17, 15) is 0 Å². The van der Waals surface area contributed by atoms with Gasteiger partial charge in [0, 0.05) is 11.1 Å². The predicted octanol–water partition coefficient (Wildman–Crippen LogP) is 3.60. The lowest BCUT2D eigenvalue weighted by molar-refractivity contribution is 0.313. The highest BCUT2D eigenvalue weighted by molar-refractivity contribution is 5.97. The molecule has 0 aliphatic carbocycles. The Morgan fingerprint density at radius 2 is 1.88 bits per heavy atom. The largest absolute Gasteiger partial charge is 0.493 e. The zero-order chi connectivity index (χ0) is 11.4. The molecule has 16 heavy (non-hydrogen) atoms. The van der Waals surface area contributed by atoms with Gasteiger partial charge in [0.05, 0.1) is 6.61 Å². The molecule has 2 aromatic carbocycles. The van der Waals surface area contributed by atoms with Crippen molar-refractivity contribution in [2.24, 2.45) is 0 Å². The van der Waals surface area contributed by atoms with E-state index < -0.39 is 0 Å². The number of hydrogen-bond donors (Lipinski definition) is 1. The first kappa shape index (κ1) is 10.8. The molecule has 0 fully saturated rings. The summed E-state index contributed by atoms with van der Waals surface area (Å²) in [6.45, 7) is 2.91.